The number of halogens is 1. The van der Waals surface area contributed by atoms with Crippen molar-refractivity contribution in [3.63, 3.8) is 0 Å². The number of hydrogen-bond acceptors (Lipinski definition) is 4. The molecule has 0 bridgehead atoms. The van der Waals surface area contributed by atoms with Gasteiger partial charge in [-0.15, -0.1) is 0 Å². The Hall–Kier alpha value is -2.63. The van der Waals surface area contributed by atoms with E-state index in [1.807, 2.05) is 13.1 Å². The van der Waals surface area contributed by atoms with Crippen LogP contribution in [0.2, 0.25) is 0 Å². The second-order valence-corrected chi connectivity index (χ2v) is 4.18. The summed E-state index contributed by atoms with van der Waals surface area (Å²) in [6.07, 6.45) is 5.28. The van der Waals surface area contributed by atoms with E-state index in [0.29, 0.717) is 23.1 Å². The van der Waals surface area contributed by atoms with Crippen molar-refractivity contribution in [2.45, 2.75) is 6.92 Å². The molecule has 2 heterocycles. The molecule has 0 saturated heterocycles. The number of anilines is 1. The number of nitrogens with one attached hydrogen (secondary N) is 1. The largest absolute Gasteiger partial charge is 0.436 e. The highest BCUT2D eigenvalue weighted by atomic mass is 19.1. The van der Waals surface area contributed by atoms with Crippen molar-refractivity contribution in [3.8, 4) is 11.6 Å². The van der Waals surface area contributed by atoms with Crippen molar-refractivity contribution < 1.29 is 9.13 Å². The number of fused-ring (bicyclic) bond motifs is 1. The predicted molar refractivity (Wildman–Crippen MR) is 73.6 cm³/mol. The van der Waals surface area contributed by atoms with Gasteiger partial charge in [0.1, 0.15) is 17.4 Å². The number of rotatable bonds is 4. The van der Waals surface area contributed by atoms with Crippen LogP contribution in [0.15, 0.2) is 42.9 Å². The molecule has 0 amide bonds. The number of hydrogen-bond donors (Lipinski definition) is 1. The van der Waals surface area contributed by atoms with Gasteiger partial charge in [0.25, 0.3) is 5.88 Å². The fraction of sp³-hybridized carbons (Fsp3) is 0.143. The molecule has 3 rings (SSSR count). The fourth-order valence-electron chi connectivity index (χ4n) is 1.88. The normalized spacial score (nSPS) is 10.7. The minimum Gasteiger partial charge on any atom is -0.436 e. The molecule has 0 unspecified atom stereocenters. The van der Waals surface area contributed by atoms with Crippen molar-refractivity contribution in [2.75, 3.05) is 11.9 Å². The molecule has 3 aromatic rings. The molecule has 6 heteroatoms. The number of ether oxygens (including phenoxy) is 1. The SMILES string of the molecule is CCNc1cn2ccnc2c(Oc2cccc(F)c2)n1. The number of aromatic nitrogens is 3. The summed E-state index contributed by atoms with van der Waals surface area (Å²) < 4.78 is 20.6. The molecule has 0 saturated carbocycles. The van der Waals surface area contributed by atoms with E-state index in [1.165, 1.54) is 12.1 Å². The quantitative estimate of drug-likeness (QED) is 0.793. The molecule has 20 heavy (non-hydrogen) atoms. The van der Waals surface area contributed by atoms with Gasteiger partial charge in [-0.3, -0.25) is 4.40 Å². The van der Waals surface area contributed by atoms with Gasteiger partial charge < -0.3 is 10.1 Å². The molecule has 1 N–H and O–H groups in total. The molecule has 102 valence electrons. The van der Waals surface area contributed by atoms with E-state index in [4.69, 9.17) is 4.74 Å². The van der Waals surface area contributed by atoms with Crippen LogP contribution in [0.1, 0.15) is 6.92 Å². The monoisotopic (exact) mass is 272 g/mol. The maximum atomic E-state index is 13.2. The average molecular weight is 272 g/mol. The van der Waals surface area contributed by atoms with Crippen LogP contribution in [-0.2, 0) is 0 Å². The Balaban J connectivity index is 2.02. The molecular formula is C14H13FN4O. The average Bonchev–Trinajstić information content (AvgIpc) is 2.87. The Morgan fingerprint density at radius 1 is 1.40 bits per heavy atom. The summed E-state index contributed by atoms with van der Waals surface area (Å²) in [5.74, 6) is 1.03. The Bertz CT molecular complexity index is 741. The fourth-order valence-corrected chi connectivity index (χ4v) is 1.88. The lowest BCUT2D eigenvalue weighted by atomic mass is 10.3. The molecule has 5 nitrogen and oxygen atoms in total. The van der Waals surface area contributed by atoms with Gasteiger partial charge in [0, 0.05) is 25.0 Å². The molecule has 0 aliphatic rings. The third kappa shape index (κ3) is 2.40. The van der Waals surface area contributed by atoms with Gasteiger partial charge in [0.2, 0.25) is 5.65 Å². The Kier molecular flexibility index (Phi) is 3.20. The van der Waals surface area contributed by atoms with Crippen LogP contribution >= 0.6 is 0 Å². The first-order valence-corrected chi connectivity index (χ1v) is 6.27. The minimum absolute atomic E-state index is 0.332. The predicted octanol–water partition coefficient (Wildman–Crippen LogP) is 3.09. The third-order valence-electron chi connectivity index (χ3n) is 2.71. The smallest absolute Gasteiger partial charge is 0.265 e. The zero-order valence-corrected chi connectivity index (χ0v) is 10.9. The highest BCUT2D eigenvalue weighted by Crippen LogP contribution is 2.25. The van der Waals surface area contributed by atoms with E-state index < -0.39 is 0 Å². The Labute approximate surface area is 115 Å². The summed E-state index contributed by atoms with van der Waals surface area (Å²) in [6, 6.07) is 5.92. The summed E-state index contributed by atoms with van der Waals surface area (Å²) in [5, 5.41) is 3.11. The van der Waals surface area contributed by atoms with E-state index in [0.717, 1.165) is 6.54 Å². The van der Waals surface area contributed by atoms with Gasteiger partial charge >= 0.3 is 0 Å². The molecule has 0 atom stereocenters. The third-order valence-corrected chi connectivity index (χ3v) is 2.71. The lowest BCUT2D eigenvalue weighted by molar-refractivity contribution is 0.461. The topological polar surface area (TPSA) is 51.5 Å². The highest BCUT2D eigenvalue weighted by Gasteiger charge is 2.10. The lowest BCUT2D eigenvalue weighted by Crippen LogP contribution is -2.03. The van der Waals surface area contributed by atoms with E-state index in [9.17, 15) is 4.39 Å². The highest BCUT2D eigenvalue weighted by molar-refractivity contribution is 5.55. The summed E-state index contributed by atoms with van der Waals surface area (Å²) in [7, 11) is 0. The van der Waals surface area contributed by atoms with Gasteiger partial charge in [0.15, 0.2) is 0 Å². The zero-order chi connectivity index (χ0) is 13.9. The molecule has 0 fully saturated rings. The van der Waals surface area contributed by atoms with E-state index in [-0.39, 0.29) is 5.82 Å². The first-order chi connectivity index (χ1) is 9.76. The Morgan fingerprint density at radius 3 is 3.10 bits per heavy atom. The van der Waals surface area contributed by atoms with Crippen molar-refractivity contribution in [3.05, 3.63) is 48.7 Å². The second-order valence-electron chi connectivity index (χ2n) is 4.18. The van der Waals surface area contributed by atoms with Crippen molar-refractivity contribution in [1.82, 2.24) is 14.4 Å². The number of benzene rings is 1. The van der Waals surface area contributed by atoms with E-state index in [2.05, 4.69) is 15.3 Å². The molecule has 0 spiro atoms. The van der Waals surface area contributed by atoms with Crippen LogP contribution in [0.5, 0.6) is 11.6 Å². The summed E-state index contributed by atoms with van der Waals surface area (Å²) in [4.78, 5) is 8.54. The number of nitrogens with zero attached hydrogens (tertiary/aromatic N) is 3. The zero-order valence-electron chi connectivity index (χ0n) is 10.9. The standard InChI is InChI=1S/C14H13FN4O/c1-2-16-12-9-19-7-6-17-13(19)14(18-12)20-11-5-3-4-10(15)8-11/h3-9,16H,2H2,1H3. The number of imidazole rings is 1. The first-order valence-electron chi connectivity index (χ1n) is 6.27. The van der Waals surface area contributed by atoms with Crippen LogP contribution < -0.4 is 10.1 Å². The summed E-state index contributed by atoms with van der Waals surface area (Å²) in [6.45, 7) is 2.72. The summed E-state index contributed by atoms with van der Waals surface area (Å²) in [5.41, 5.74) is 0.580. The van der Waals surface area contributed by atoms with Crippen molar-refractivity contribution in [2.24, 2.45) is 0 Å². The van der Waals surface area contributed by atoms with Gasteiger partial charge in [0.05, 0.1) is 6.20 Å². The van der Waals surface area contributed by atoms with Gasteiger partial charge in [-0.05, 0) is 19.1 Å². The van der Waals surface area contributed by atoms with Crippen molar-refractivity contribution >= 4 is 11.5 Å². The Morgan fingerprint density at radius 2 is 2.30 bits per heavy atom. The molecule has 0 aliphatic heterocycles. The second kappa shape index (κ2) is 5.16. The van der Waals surface area contributed by atoms with Gasteiger partial charge in [-0.25, -0.2) is 9.37 Å². The van der Waals surface area contributed by atoms with Crippen LogP contribution in [0, 0.1) is 5.82 Å². The van der Waals surface area contributed by atoms with Crippen LogP contribution in [0.3, 0.4) is 0 Å². The van der Waals surface area contributed by atoms with Gasteiger partial charge in [-0.2, -0.15) is 4.98 Å². The molecule has 0 radical (unpaired) electrons. The van der Waals surface area contributed by atoms with Crippen LogP contribution in [-0.4, -0.2) is 20.9 Å². The lowest BCUT2D eigenvalue weighted by Gasteiger charge is -2.09. The molecule has 1 aromatic carbocycles. The van der Waals surface area contributed by atoms with Crippen LogP contribution in [0.25, 0.3) is 5.65 Å². The van der Waals surface area contributed by atoms with Crippen molar-refractivity contribution in [1.29, 1.82) is 0 Å². The maximum Gasteiger partial charge on any atom is 0.265 e. The molecule has 0 aliphatic carbocycles. The minimum atomic E-state index is -0.357. The summed E-state index contributed by atoms with van der Waals surface area (Å²) >= 11 is 0. The van der Waals surface area contributed by atoms with Crippen LogP contribution in [0.4, 0.5) is 10.2 Å². The maximum absolute atomic E-state index is 13.2. The van der Waals surface area contributed by atoms with E-state index in [1.54, 1.807) is 28.9 Å². The van der Waals surface area contributed by atoms with E-state index >= 15 is 0 Å². The molecular weight excluding hydrogens is 259 g/mol. The first kappa shape index (κ1) is 12.4. The van der Waals surface area contributed by atoms with Gasteiger partial charge in [-0.1, -0.05) is 6.07 Å². The molecule has 2 aromatic heterocycles.